The van der Waals surface area contributed by atoms with Gasteiger partial charge in [-0.15, -0.1) is 0 Å². The number of rotatable bonds is 4. The molecule has 1 aromatic carbocycles. The molecular formula is C11H12ClFO. The fourth-order valence-corrected chi connectivity index (χ4v) is 1.35. The molecule has 0 aromatic heterocycles. The largest absolute Gasteiger partial charge is 0.294 e. The number of halogens is 2. The Kier molecular flexibility index (Phi) is 4.08. The van der Waals surface area contributed by atoms with E-state index in [4.69, 9.17) is 11.6 Å². The van der Waals surface area contributed by atoms with Crippen LogP contribution in [-0.4, -0.2) is 5.78 Å². The predicted octanol–water partition coefficient (Wildman–Crippen LogP) is 3.85. The molecule has 0 saturated heterocycles. The molecule has 0 spiro atoms. The maximum Gasteiger partial charge on any atom is 0.165 e. The second-order valence-corrected chi connectivity index (χ2v) is 3.59. The van der Waals surface area contributed by atoms with E-state index in [1.807, 2.05) is 6.92 Å². The van der Waals surface area contributed by atoms with Gasteiger partial charge >= 0.3 is 0 Å². The molecule has 1 aromatic rings. The van der Waals surface area contributed by atoms with Crippen molar-refractivity contribution in [1.82, 2.24) is 0 Å². The fraction of sp³-hybridized carbons (Fsp3) is 0.364. The number of benzene rings is 1. The van der Waals surface area contributed by atoms with Gasteiger partial charge in [-0.3, -0.25) is 4.79 Å². The van der Waals surface area contributed by atoms with Crippen LogP contribution in [0.2, 0.25) is 5.02 Å². The van der Waals surface area contributed by atoms with E-state index in [0.29, 0.717) is 11.4 Å². The lowest BCUT2D eigenvalue weighted by Gasteiger charge is -2.01. The Balaban J connectivity index is 2.80. The molecule has 1 nitrogen and oxygen atoms in total. The Labute approximate surface area is 87.9 Å². The van der Waals surface area contributed by atoms with Crippen LogP contribution in [0.3, 0.4) is 0 Å². The average Bonchev–Trinajstić information content (AvgIpc) is 2.14. The van der Waals surface area contributed by atoms with Crippen LogP contribution in [0.5, 0.6) is 0 Å². The summed E-state index contributed by atoms with van der Waals surface area (Å²) in [6, 6.07) is 4.14. The van der Waals surface area contributed by atoms with Crippen molar-refractivity contribution in [3.63, 3.8) is 0 Å². The molecule has 0 atom stereocenters. The first kappa shape index (κ1) is 11.2. The lowest BCUT2D eigenvalue weighted by Crippen LogP contribution is -2.01. The van der Waals surface area contributed by atoms with Crippen LogP contribution in [0.15, 0.2) is 18.2 Å². The van der Waals surface area contributed by atoms with Gasteiger partial charge in [0.1, 0.15) is 5.82 Å². The smallest absolute Gasteiger partial charge is 0.165 e. The summed E-state index contributed by atoms with van der Waals surface area (Å²) in [6.45, 7) is 1.99. The lowest BCUT2D eigenvalue weighted by atomic mass is 10.1. The Hall–Kier alpha value is -0.890. The molecule has 0 aliphatic heterocycles. The van der Waals surface area contributed by atoms with Crippen molar-refractivity contribution in [3.8, 4) is 0 Å². The topological polar surface area (TPSA) is 17.1 Å². The standard InChI is InChI=1S/C11H12ClFO/c1-2-3-4-11(14)9-6-5-8(12)7-10(9)13/h5-7H,2-4H2,1H3. The van der Waals surface area contributed by atoms with Crippen molar-refractivity contribution < 1.29 is 9.18 Å². The molecule has 0 radical (unpaired) electrons. The first-order chi connectivity index (χ1) is 6.65. The number of ketones is 1. The number of carbonyl (C=O) groups excluding carboxylic acids is 1. The quantitative estimate of drug-likeness (QED) is 0.696. The van der Waals surface area contributed by atoms with Crippen molar-refractivity contribution in [1.29, 1.82) is 0 Å². The third kappa shape index (κ3) is 2.81. The van der Waals surface area contributed by atoms with Gasteiger partial charge in [-0.2, -0.15) is 0 Å². The van der Waals surface area contributed by atoms with Gasteiger partial charge < -0.3 is 0 Å². The minimum absolute atomic E-state index is 0.142. The van der Waals surface area contributed by atoms with E-state index >= 15 is 0 Å². The highest BCUT2D eigenvalue weighted by Crippen LogP contribution is 2.16. The first-order valence-electron chi connectivity index (χ1n) is 4.63. The number of carbonyl (C=O) groups is 1. The molecule has 3 heteroatoms. The molecule has 0 fully saturated rings. The molecule has 0 bridgehead atoms. The Morgan fingerprint density at radius 2 is 2.21 bits per heavy atom. The fourth-order valence-electron chi connectivity index (χ4n) is 1.19. The van der Waals surface area contributed by atoms with E-state index in [0.717, 1.165) is 12.8 Å². The molecule has 0 aliphatic carbocycles. The molecule has 0 amide bonds. The number of unbranched alkanes of at least 4 members (excludes halogenated alkanes) is 1. The van der Waals surface area contributed by atoms with Crippen molar-refractivity contribution in [2.75, 3.05) is 0 Å². The minimum atomic E-state index is -0.529. The summed E-state index contributed by atoms with van der Waals surface area (Å²) in [4.78, 5) is 11.5. The van der Waals surface area contributed by atoms with E-state index in [1.54, 1.807) is 0 Å². The van der Waals surface area contributed by atoms with Crippen molar-refractivity contribution in [2.24, 2.45) is 0 Å². The van der Waals surface area contributed by atoms with Crippen LogP contribution in [0, 0.1) is 5.82 Å². The third-order valence-corrected chi connectivity index (χ3v) is 2.22. The van der Waals surface area contributed by atoms with Crippen molar-refractivity contribution in [3.05, 3.63) is 34.6 Å². The van der Waals surface area contributed by atoms with Gasteiger partial charge in [0.2, 0.25) is 0 Å². The van der Waals surface area contributed by atoms with Gasteiger partial charge in [-0.25, -0.2) is 4.39 Å². The average molecular weight is 215 g/mol. The summed E-state index contributed by atoms with van der Waals surface area (Å²) < 4.78 is 13.2. The molecule has 0 saturated carbocycles. The summed E-state index contributed by atoms with van der Waals surface area (Å²) in [5.74, 6) is -0.681. The molecule has 0 aliphatic rings. The Bertz CT molecular complexity index is 336. The number of Topliss-reactive ketones (excluding diaryl/α,β-unsaturated/α-hetero) is 1. The Morgan fingerprint density at radius 3 is 2.79 bits per heavy atom. The van der Waals surface area contributed by atoms with Gasteiger partial charge in [0.25, 0.3) is 0 Å². The van der Waals surface area contributed by atoms with Gasteiger partial charge in [0, 0.05) is 11.4 Å². The molecule has 0 heterocycles. The second kappa shape index (κ2) is 5.11. The maximum atomic E-state index is 13.2. The highest BCUT2D eigenvalue weighted by atomic mass is 35.5. The molecule has 76 valence electrons. The van der Waals surface area contributed by atoms with Crippen molar-refractivity contribution >= 4 is 17.4 Å². The summed E-state index contributed by atoms with van der Waals surface area (Å²) in [7, 11) is 0. The maximum absolute atomic E-state index is 13.2. The van der Waals surface area contributed by atoms with Gasteiger partial charge in [-0.05, 0) is 24.6 Å². The van der Waals surface area contributed by atoms with Gasteiger partial charge in [0.05, 0.1) is 5.56 Å². The zero-order chi connectivity index (χ0) is 10.6. The van der Waals surface area contributed by atoms with Crippen LogP contribution in [0.4, 0.5) is 4.39 Å². The molecule has 1 rings (SSSR count). The van der Waals surface area contributed by atoms with E-state index < -0.39 is 5.82 Å². The molecular weight excluding hydrogens is 203 g/mol. The highest BCUT2D eigenvalue weighted by Gasteiger charge is 2.10. The summed E-state index contributed by atoms with van der Waals surface area (Å²) in [6.07, 6.45) is 2.12. The number of hydrogen-bond acceptors (Lipinski definition) is 1. The van der Waals surface area contributed by atoms with Crippen LogP contribution >= 0.6 is 11.6 Å². The van der Waals surface area contributed by atoms with Crippen LogP contribution in [-0.2, 0) is 0 Å². The van der Waals surface area contributed by atoms with Crippen molar-refractivity contribution in [2.45, 2.75) is 26.2 Å². The zero-order valence-corrected chi connectivity index (χ0v) is 8.77. The number of hydrogen-bond donors (Lipinski definition) is 0. The molecule has 0 unspecified atom stereocenters. The van der Waals surface area contributed by atoms with E-state index in [-0.39, 0.29) is 11.3 Å². The highest BCUT2D eigenvalue weighted by molar-refractivity contribution is 6.30. The van der Waals surface area contributed by atoms with E-state index in [1.165, 1.54) is 18.2 Å². The van der Waals surface area contributed by atoms with Gasteiger partial charge in [-0.1, -0.05) is 24.9 Å². The van der Waals surface area contributed by atoms with Crippen LogP contribution < -0.4 is 0 Å². The van der Waals surface area contributed by atoms with Crippen LogP contribution in [0.1, 0.15) is 36.5 Å². The normalized spacial score (nSPS) is 10.2. The van der Waals surface area contributed by atoms with E-state index in [2.05, 4.69) is 0 Å². The molecule has 0 N–H and O–H groups in total. The Morgan fingerprint density at radius 1 is 1.50 bits per heavy atom. The van der Waals surface area contributed by atoms with Crippen LogP contribution in [0.25, 0.3) is 0 Å². The monoisotopic (exact) mass is 214 g/mol. The second-order valence-electron chi connectivity index (χ2n) is 3.15. The minimum Gasteiger partial charge on any atom is -0.294 e. The zero-order valence-electron chi connectivity index (χ0n) is 8.02. The molecule has 14 heavy (non-hydrogen) atoms. The first-order valence-corrected chi connectivity index (χ1v) is 5.01. The predicted molar refractivity (Wildman–Crippen MR) is 55.3 cm³/mol. The SMILES string of the molecule is CCCCC(=O)c1ccc(Cl)cc1F. The summed E-state index contributed by atoms with van der Waals surface area (Å²) in [5.41, 5.74) is 0.142. The lowest BCUT2D eigenvalue weighted by molar-refractivity contribution is 0.0976. The van der Waals surface area contributed by atoms with Gasteiger partial charge in [0.15, 0.2) is 5.78 Å². The summed E-state index contributed by atoms with van der Waals surface area (Å²) in [5, 5.41) is 0.314. The third-order valence-electron chi connectivity index (χ3n) is 1.99. The van der Waals surface area contributed by atoms with E-state index in [9.17, 15) is 9.18 Å². The summed E-state index contributed by atoms with van der Waals surface area (Å²) >= 11 is 5.57.